The first-order valence-corrected chi connectivity index (χ1v) is 13.4. The summed E-state index contributed by atoms with van der Waals surface area (Å²) in [6.45, 7) is 14.9. The fourth-order valence-corrected chi connectivity index (χ4v) is 5.60. The van der Waals surface area contributed by atoms with Crippen LogP contribution < -0.4 is 0 Å². The van der Waals surface area contributed by atoms with Gasteiger partial charge in [0.15, 0.2) is 0 Å². The minimum atomic E-state index is -1.57. The van der Waals surface area contributed by atoms with E-state index < -0.39 is 16.4 Å². The minimum Gasteiger partial charge on any atom is -0.520 e. The summed E-state index contributed by atoms with van der Waals surface area (Å²) in [5.41, 5.74) is 1.09. The highest BCUT2D eigenvalue weighted by Crippen LogP contribution is 2.36. The largest absolute Gasteiger partial charge is 0.520 e. The second kappa shape index (κ2) is 6.73. The third-order valence-electron chi connectivity index (χ3n) is 3.49. The standard InChI is InChI=1S/C8H18Si.C5H12O2Si/c1-8-6-4-5-7-9(8,2)3;1-5(6)7-8(2,3)4/h8H,4-7H2,1-3H3;1-4H3. The topological polar surface area (TPSA) is 26.3 Å². The summed E-state index contributed by atoms with van der Waals surface area (Å²) in [7, 11) is -2.26. The maximum atomic E-state index is 10.3. The zero-order chi connectivity index (χ0) is 13.7. The normalized spacial score (nSPS) is 23.4. The second-order valence-corrected chi connectivity index (χ2v) is 16.7. The first-order chi connectivity index (χ1) is 7.54. The van der Waals surface area contributed by atoms with E-state index in [1.807, 2.05) is 19.6 Å². The predicted molar refractivity (Wildman–Crippen MR) is 80.7 cm³/mol. The Kier molecular flexibility index (Phi) is 6.70. The molecule has 1 rings (SSSR count). The predicted octanol–water partition coefficient (Wildman–Crippen LogP) is 4.65. The van der Waals surface area contributed by atoms with Gasteiger partial charge in [0.2, 0.25) is 8.32 Å². The molecule has 0 aromatic rings. The summed E-state index contributed by atoms with van der Waals surface area (Å²) in [6, 6.07) is 1.58. The number of hydrogen-bond acceptors (Lipinski definition) is 2. The molecule has 1 aliphatic rings. The molecule has 0 bridgehead atoms. The van der Waals surface area contributed by atoms with Crippen molar-refractivity contribution in [1.82, 2.24) is 0 Å². The van der Waals surface area contributed by atoms with Crippen LogP contribution in [0.3, 0.4) is 0 Å². The maximum absolute atomic E-state index is 10.3. The van der Waals surface area contributed by atoms with Crippen molar-refractivity contribution in [1.29, 1.82) is 0 Å². The molecule has 1 heterocycles. The van der Waals surface area contributed by atoms with Crippen LogP contribution in [0.25, 0.3) is 0 Å². The lowest BCUT2D eigenvalue weighted by atomic mass is 10.2. The molecule has 17 heavy (non-hydrogen) atoms. The summed E-state index contributed by atoms with van der Waals surface area (Å²) >= 11 is 0. The van der Waals surface area contributed by atoms with Gasteiger partial charge < -0.3 is 4.43 Å². The molecule has 1 atom stereocenters. The highest BCUT2D eigenvalue weighted by atomic mass is 28.4. The first-order valence-electron chi connectivity index (χ1n) is 6.74. The molecular weight excluding hydrogens is 244 g/mol. The monoisotopic (exact) mass is 274 g/mol. The first kappa shape index (κ1) is 16.9. The number of hydrogen-bond donors (Lipinski definition) is 0. The van der Waals surface area contributed by atoms with Crippen molar-refractivity contribution in [3.05, 3.63) is 0 Å². The quantitative estimate of drug-likeness (QED) is 0.650. The minimum absolute atomic E-state index is 0.163. The van der Waals surface area contributed by atoms with E-state index in [1.165, 1.54) is 26.2 Å². The van der Waals surface area contributed by atoms with Gasteiger partial charge in [-0.15, -0.1) is 0 Å². The molecule has 1 aliphatic heterocycles. The van der Waals surface area contributed by atoms with Gasteiger partial charge in [0.25, 0.3) is 5.97 Å². The lowest BCUT2D eigenvalue weighted by Gasteiger charge is -2.34. The summed E-state index contributed by atoms with van der Waals surface area (Å²) in [6.07, 6.45) is 4.53. The zero-order valence-corrected chi connectivity index (χ0v) is 14.7. The Morgan fingerprint density at radius 3 is 1.94 bits per heavy atom. The average molecular weight is 275 g/mol. The Hall–Kier alpha value is -0.0962. The van der Waals surface area contributed by atoms with Crippen LogP contribution in [0.2, 0.25) is 44.3 Å². The highest BCUT2D eigenvalue weighted by molar-refractivity contribution is 6.78. The van der Waals surface area contributed by atoms with Crippen LogP contribution in [-0.4, -0.2) is 22.4 Å². The smallest absolute Gasteiger partial charge is 0.289 e. The molecule has 0 N–H and O–H groups in total. The van der Waals surface area contributed by atoms with Crippen LogP contribution in [-0.2, 0) is 9.22 Å². The molecule has 0 spiro atoms. The van der Waals surface area contributed by atoms with Crippen LogP contribution in [0.1, 0.15) is 33.1 Å². The van der Waals surface area contributed by atoms with Gasteiger partial charge in [-0.1, -0.05) is 45.3 Å². The summed E-state index contributed by atoms with van der Waals surface area (Å²) in [4.78, 5) is 10.3. The van der Waals surface area contributed by atoms with Gasteiger partial charge in [0.05, 0.1) is 8.07 Å². The number of carbonyl (C=O) groups excluding carboxylic acids is 1. The number of rotatable bonds is 1. The molecule has 1 unspecified atom stereocenters. The van der Waals surface area contributed by atoms with Gasteiger partial charge >= 0.3 is 0 Å². The Labute approximate surface area is 109 Å². The molecule has 102 valence electrons. The van der Waals surface area contributed by atoms with Crippen LogP contribution in [0.5, 0.6) is 0 Å². The third kappa shape index (κ3) is 8.60. The Balaban J connectivity index is 0.000000304. The molecule has 1 saturated heterocycles. The zero-order valence-electron chi connectivity index (χ0n) is 12.7. The van der Waals surface area contributed by atoms with E-state index in [4.69, 9.17) is 4.43 Å². The molecule has 0 aromatic heterocycles. The van der Waals surface area contributed by atoms with Gasteiger partial charge in [0.1, 0.15) is 0 Å². The van der Waals surface area contributed by atoms with Crippen LogP contribution in [0.15, 0.2) is 0 Å². The van der Waals surface area contributed by atoms with Crippen molar-refractivity contribution >= 4 is 22.4 Å². The molecule has 0 amide bonds. The van der Waals surface area contributed by atoms with Crippen LogP contribution in [0, 0.1) is 0 Å². The Morgan fingerprint density at radius 2 is 1.76 bits per heavy atom. The van der Waals surface area contributed by atoms with Gasteiger partial charge in [-0.3, -0.25) is 4.79 Å². The van der Waals surface area contributed by atoms with E-state index in [-0.39, 0.29) is 5.97 Å². The lowest BCUT2D eigenvalue weighted by molar-refractivity contribution is -0.132. The lowest BCUT2D eigenvalue weighted by Crippen LogP contribution is -2.33. The van der Waals surface area contributed by atoms with E-state index in [0.717, 1.165) is 5.54 Å². The van der Waals surface area contributed by atoms with Crippen molar-refractivity contribution in [2.24, 2.45) is 0 Å². The SMILES string of the molecule is CC(=O)O[Si](C)(C)C.CC1CCCC[Si]1(C)C. The molecule has 0 radical (unpaired) electrons. The van der Waals surface area contributed by atoms with E-state index in [0.29, 0.717) is 0 Å². The van der Waals surface area contributed by atoms with Crippen LogP contribution >= 0.6 is 0 Å². The molecule has 2 nitrogen and oxygen atoms in total. The van der Waals surface area contributed by atoms with Crippen molar-refractivity contribution in [3.8, 4) is 0 Å². The molecule has 0 aliphatic carbocycles. The molecule has 4 heteroatoms. The molecular formula is C13H30O2Si2. The highest BCUT2D eigenvalue weighted by Gasteiger charge is 2.30. The Bertz CT molecular complexity index is 244. The summed E-state index contributed by atoms with van der Waals surface area (Å²) in [5.74, 6) is -0.163. The molecule has 1 fully saturated rings. The molecule has 0 aromatic carbocycles. The third-order valence-corrected chi connectivity index (χ3v) is 8.99. The van der Waals surface area contributed by atoms with Crippen molar-refractivity contribution in [3.63, 3.8) is 0 Å². The number of carbonyl (C=O) groups is 1. The van der Waals surface area contributed by atoms with Gasteiger partial charge in [-0.05, 0) is 25.2 Å². The fraction of sp³-hybridized carbons (Fsp3) is 0.923. The van der Waals surface area contributed by atoms with Gasteiger partial charge in [-0.25, -0.2) is 0 Å². The molecule has 0 saturated carbocycles. The van der Waals surface area contributed by atoms with Crippen LogP contribution in [0.4, 0.5) is 0 Å². The van der Waals surface area contributed by atoms with Crippen molar-refractivity contribution in [2.75, 3.05) is 0 Å². The van der Waals surface area contributed by atoms with Crippen molar-refractivity contribution < 1.29 is 9.22 Å². The van der Waals surface area contributed by atoms with Crippen molar-refractivity contribution in [2.45, 2.75) is 77.4 Å². The summed E-state index contributed by atoms with van der Waals surface area (Å²) < 4.78 is 4.94. The van der Waals surface area contributed by atoms with E-state index in [2.05, 4.69) is 20.0 Å². The average Bonchev–Trinajstić information content (AvgIpc) is 2.06. The van der Waals surface area contributed by atoms with E-state index >= 15 is 0 Å². The van der Waals surface area contributed by atoms with Gasteiger partial charge in [0, 0.05) is 6.92 Å². The maximum Gasteiger partial charge on any atom is 0.289 e. The second-order valence-electron chi connectivity index (χ2n) is 6.84. The Morgan fingerprint density at radius 1 is 1.24 bits per heavy atom. The van der Waals surface area contributed by atoms with E-state index in [9.17, 15) is 4.79 Å². The van der Waals surface area contributed by atoms with E-state index in [1.54, 1.807) is 6.04 Å². The fourth-order valence-electron chi connectivity index (χ4n) is 2.10. The summed E-state index contributed by atoms with van der Waals surface area (Å²) in [5, 5.41) is 0. The van der Waals surface area contributed by atoms with Gasteiger partial charge in [-0.2, -0.15) is 0 Å².